The van der Waals surface area contributed by atoms with Gasteiger partial charge in [-0.1, -0.05) is 32.3 Å². The average molecular weight is 306 g/mol. The Hall–Kier alpha value is -1.88. The average Bonchev–Trinajstić information content (AvgIpc) is 2.52. The molecule has 122 valence electrons. The lowest BCUT2D eigenvalue weighted by atomic mass is 9.99. The first-order valence-electron chi connectivity index (χ1n) is 7.80. The molecule has 1 aliphatic heterocycles. The van der Waals surface area contributed by atoms with E-state index in [0.29, 0.717) is 11.4 Å². The molecule has 0 saturated carbocycles. The zero-order valence-corrected chi connectivity index (χ0v) is 13.6. The maximum atomic E-state index is 10.6. The lowest BCUT2D eigenvalue weighted by Crippen LogP contribution is -2.32. The van der Waals surface area contributed by atoms with Crippen molar-refractivity contribution < 1.29 is 14.6 Å². The fourth-order valence-electron chi connectivity index (χ4n) is 2.88. The minimum Gasteiger partial charge on any atom is -0.493 e. The van der Waals surface area contributed by atoms with Gasteiger partial charge in [0.2, 0.25) is 5.88 Å². The van der Waals surface area contributed by atoms with Crippen LogP contribution in [0.2, 0.25) is 0 Å². The number of methoxy groups -OCH3 is 2. The van der Waals surface area contributed by atoms with Gasteiger partial charge < -0.3 is 25.2 Å². The zero-order chi connectivity index (χ0) is 16.1. The summed E-state index contributed by atoms with van der Waals surface area (Å²) < 4.78 is 10.9. The summed E-state index contributed by atoms with van der Waals surface area (Å²) in [5.74, 6) is 0.555. The van der Waals surface area contributed by atoms with Crippen molar-refractivity contribution in [3.8, 4) is 0 Å². The van der Waals surface area contributed by atoms with E-state index in [1.807, 2.05) is 23.1 Å². The Balaban J connectivity index is 2.35. The predicted octanol–water partition coefficient (Wildman–Crippen LogP) is 3.73. The number of nitrogens with two attached hydrogens (primary N) is 1. The second kappa shape index (κ2) is 7.40. The quantitative estimate of drug-likeness (QED) is 0.593. The van der Waals surface area contributed by atoms with E-state index in [9.17, 15) is 5.11 Å². The third-order valence-corrected chi connectivity index (χ3v) is 4.03. The first kappa shape index (κ1) is 16.5. The van der Waals surface area contributed by atoms with Gasteiger partial charge in [-0.2, -0.15) is 0 Å². The van der Waals surface area contributed by atoms with Crippen LogP contribution in [-0.4, -0.2) is 25.9 Å². The number of ether oxygens (including phenoxy) is 2. The summed E-state index contributed by atoms with van der Waals surface area (Å²) in [7, 11) is 3.16. The third-order valence-electron chi connectivity index (χ3n) is 4.03. The van der Waals surface area contributed by atoms with E-state index in [4.69, 9.17) is 15.2 Å². The van der Waals surface area contributed by atoms with Gasteiger partial charge in [0.1, 0.15) is 6.10 Å². The molecule has 5 heteroatoms. The Morgan fingerprint density at radius 1 is 1.23 bits per heavy atom. The third kappa shape index (κ3) is 3.14. The molecule has 1 unspecified atom stereocenters. The molecule has 0 bridgehead atoms. The summed E-state index contributed by atoms with van der Waals surface area (Å²) in [6.45, 7) is 2.91. The zero-order valence-electron chi connectivity index (χ0n) is 13.6. The van der Waals surface area contributed by atoms with E-state index in [2.05, 4.69) is 6.92 Å². The van der Waals surface area contributed by atoms with Crippen LogP contribution in [0.1, 0.15) is 44.3 Å². The van der Waals surface area contributed by atoms with Gasteiger partial charge in [0.15, 0.2) is 5.76 Å². The fourth-order valence-corrected chi connectivity index (χ4v) is 2.88. The van der Waals surface area contributed by atoms with Crippen molar-refractivity contribution in [1.82, 2.24) is 0 Å². The Labute approximate surface area is 132 Å². The van der Waals surface area contributed by atoms with Crippen LogP contribution in [0.5, 0.6) is 0 Å². The van der Waals surface area contributed by atoms with Crippen molar-refractivity contribution in [1.29, 1.82) is 0 Å². The number of rotatable bonds is 7. The summed E-state index contributed by atoms with van der Waals surface area (Å²) in [5, 5.41) is 10.6. The number of benzene rings is 1. The highest BCUT2D eigenvalue weighted by atomic mass is 16.5. The van der Waals surface area contributed by atoms with Crippen LogP contribution >= 0.6 is 0 Å². The minimum absolute atomic E-state index is 0.115. The molecular formula is C17H26N2O3. The molecule has 0 radical (unpaired) electrons. The smallest absolute Gasteiger partial charge is 0.233 e. The molecule has 1 aromatic rings. The highest BCUT2D eigenvalue weighted by Crippen LogP contribution is 2.42. The molecule has 1 aliphatic rings. The first-order chi connectivity index (χ1) is 10.6. The standard InChI is InChI=1S/C17H26N2O3/c1-4-5-6-7-10-19-14-11-12(18)8-9-13(14)15(21-2)16(22-3)17(19)20/h8-9,11,15,20H,4-7,10,18H2,1-3H3. The second-order valence-electron chi connectivity index (χ2n) is 5.54. The van der Waals surface area contributed by atoms with Crippen LogP contribution in [0, 0.1) is 0 Å². The molecule has 2 rings (SSSR count). The van der Waals surface area contributed by atoms with E-state index in [1.54, 1.807) is 14.2 Å². The number of fused-ring (bicyclic) bond motifs is 1. The van der Waals surface area contributed by atoms with Gasteiger partial charge in [-0.25, -0.2) is 0 Å². The van der Waals surface area contributed by atoms with Crippen LogP contribution < -0.4 is 10.6 Å². The Kier molecular flexibility index (Phi) is 5.55. The number of aliphatic hydroxyl groups is 1. The van der Waals surface area contributed by atoms with Crippen LogP contribution in [0.3, 0.4) is 0 Å². The van der Waals surface area contributed by atoms with E-state index in [0.717, 1.165) is 30.6 Å². The van der Waals surface area contributed by atoms with E-state index in [-0.39, 0.29) is 5.88 Å². The molecule has 0 spiro atoms. The molecule has 0 fully saturated rings. The molecule has 5 nitrogen and oxygen atoms in total. The van der Waals surface area contributed by atoms with Gasteiger partial charge in [-0.3, -0.25) is 0 Å². The number of unbranched alkanes of at least 4 members (excludes halogenated alkanes) is 3. The lowest BCUT2D eigenvalue weighted by molar-refractivity contribution is 0.0653. The normalized spacial score (nSPS) is 17.6. The van der Waals surface area contributed by atoms with Gasteiger partial charge in [0, 0.05) is 24.9 Å². The van der Waals surface area contributed by atoms with Crippen molar-refractivity contribution >= 4 is 11.4 Å². The van der Waals surface area contributed by atoms with E-state index < -0.39 is 6.10 Å². The Morgan fingerprint density at radius 3 is 2.64 bits per heavy atom. The molecule has 0 amide bonds. The Morgan fingerprint density at radius 2 is 2.00 bits per heavy atom. The topological polar surface area (TPSA) is 68.0 Å². The molecule has 3 N–H and O–H groups in total. The second-order valence-corrected chi connectivity index (χ2v) is 5.54. The maximum absolute atomic E-state index is 10.6. The maximum Gasteiger partial charge on any atom is 0.233 e. The van der Waals surface area contributed by atoms with Gasteiger partial charge in [-0.15, -0.1) is 0 Å². The Bertz CT molecular complexity index is 543. The summed E-state index contributed by atoms with van der Waals surface area (Å²) in [6, 6.07) is 5.66. The molecule has 1 aromatic carbocycles. The number of hydrogen-bond acceptors (Lipinski definition) is 5. The van der Waals surface area contributed by atoms with E-state index >= 15 is 0 Å². The van der Waals surface area contributed by atoms with Crippen molar-refractivity contribution in [2.24, 2.45) is 0 Å². The molecule has 1 atom stereocenters. The van der Waals surface area contributed by atoms with Crippen molar-refractivity contribution in [2.45, 2.75) is 38.7 Å². The predicted molar refractivity (Wildman–Crippen MR) is 88.8 cm³/mol. The van der Waals surface area contributed by atoms with Gasteiger partial charge in [0.25, 0.3) is 0 Å². The van der Waals surface area contributed by atoms with Gasteiger partial charge in [-0.05, 0) is 18.6 Å². The largest absolute Gasteiger partial charge is 0.493 e. The molecule has 22 heavy (non-hydrogen) atoms. The minimum atomic E-state index is -0.410. The van der Waals surface area contributed by atoms with Crippen LogP contribution in [0.25, 0.3) is 0 Å². The lowest BCUT2D eigenvalue weighted by Gasteiger charge is -2.35. The number of aliphatic hydroxyl groups excluding tert-OH is 1. The number of hydrogen-bond donors (Lipinski definition) is 2. The highest BCUT2D eigenvalue weighted by molar-refractivity contribution is 5.67. The summed E-state index contributed by atoms with van der Waals surface area (Å²) in [6.07, 6.45) is 4.10. The number of nitrogens with zero attached hydrogens (tertiary/aromatic N) is 1. The highest BCUT2D eigenvalue weighted by Gasteiger charge is 2.34. The summed E-state index contributed by atoms with van der Waals surface area (Å²) in [4.78, 5) is 1.87. The fraction of sp³-hybridized carbons (Fsp3) is 0.529. The molecule has 0 aliphatic carbocycles. The van der Waals surface area contributed by atoms with Gasteiger partial charge >= 0.3 is 0 Å². The summed E-state index contributed by atoms with van der Waals surface area (Å²) in [5.41, 5.74) is 8.44. The van der Waals surface area contributed by atoms with Crippen LogP contribution in [0.4, 0.5) is 11.4 Å². The SMILES string of the molecule is CCCCCCN1C(O)=C(OC)C(OC)c2ccc(N)cc21. The first-order valence-corrected chi connectivity index (χ1v) is 7.80. The van der Waals surface area contributed by atoms with E-state index in [1.165, 1.54) is 12.8 Å². The van der Waals surface area contributed by atoms with Crippen LogP contribution in [-0.2, 0) is 9.47 Å². The number of anilines is 2. The van der Waals surface area contributed by atoms with Crippen molar-refractivity contribution in [2.75, 3.05) is 31.4 Å². The van der Waals surface area contributed by atoms with Crippen LogP contribution in [0.15, 0.2) is 29.8 Å². The number of nitrogen functional groups attached to an aromatic ring is 1. The summed E-state index contributed by atoms with van der Waals surface area (Å²) >= 11 is 0. The monoisotopic (exact) mass is 306 g/mol. The van der Waals surface area contributed by atoms with Gasteiger partial charge in [0.05, 0.1) is 12.8 Å². The molecular weight excluding hydrogens is 280 g/mol. The van der Waals surface area contributed by atoms with Crippen molar-refractivity contribution in [3.63, 3.8) is 0 Å². The molecule has 0 aromatic heterocycles. The molecule has 0 saturated heterocycles. The molecule has 1 heterocycles. The van der Waals surface area contributed by atoms with Crippen molar-refractivity contribution in [3.05, 3.63) is 35.4 Å².